The van der Waals surface area contributed by atoms with Crippen LogP contribution in [0.1, 0.15) is 17.5 Å². The van der Waals surface area contributed by atoms with E-state index in [2.05, 4.69) is 10.0 Å². The predicted octanol–water partition coefficient (Wildman–Crippen LogP) is 3.26. The van der Waals surface area contributed by atoms with Crippen LogP contribution in [0.15, 0.2) is 47.4 Å². The molecule has 0 aliphatic carbocycles. The van der Waals surface area contributed by atoms with Gasteiger partial charge < -0.3 is 5.32 Å². The fourth-order valence-corrected chi connectivity index (χ4v) is 3.42. The third-order valence-electron chi connectivity index (χ3n) is 3.27. The molecular weight excluding hydrogens is 348 g/mol. The zero-order chi connectivity index (χ0) is 17.7. The van der Waals surface area contributed by atoms with Gasteiger partial charge in [-0.2, -0.15) is 0 Å². The normalized spacial score (nSPS) is 11.3. The van der Waals surface area contributed by atoms with E-state index >= 15 is 0 Å². The Kier molecular flexibility index (Phi) is 5.99. The molecule has 24 heavy (non-hydrogen) atoms. The van der Waals surface area contributed by atoms with Gasteiger partial charge in [0.15, 0.2) is 0 Å². The van der Waals surface area contributed by atoms with Crippen molar-refractivity contribution < 1.29 is 13.2 Å². The largest absolute Gasteiger partial charge is 0.326 e. The minimum atomic E-state index is -3.65. The van der Waals surface area contributed by atoms with E-state index in [0.717, 1.165) is 11.1 Å². The highest BCUT2D eigenvalue weighted by Gasteiger charge is 2.14. The van der Waals surface area contributed by atoms with E-state index in [0.29, 0.717) is 10.7 Å². The maximum atomic E-state index is 12.1. The molecule has 2 aromatic rings. The summed E-state index contributed by atoms with van der Waals surface area (Å²) in [6.45, 7) is 3.91. The average molecular weight is 367 g/mol. The highest BCUT2D eigenvalue weighted by Crippen LogP contribution is 2.15. The highest BCUT2D eigenvalue weighted by molar-refractivity contribution is 7.89. The van der Waals surface area contributed by atoms with E-state index in [4.69, 9.17) is 11.6 Å². The van der Waals surface area contributed by atoms with Crippen molar-refractivity contribution in [3.05, 3.63) is 58.6 Å². The first kappa shape index (κ1) is 18.4. The maximum Gasteiger partial charge on any atom is 0.240 e. The molecule has 0 fully saturated rings. The Morgan fingerprint density at radius 1 is 1.04 bits per heavy atom. The van der Waals surface area contributed by atoms with Gasteiger partial charge in [0.25, 0.3) is 0 Å². The fourth-order valence-electron chi connectivity index (χ4n) is 2.27. The molecule has 128 valence electrons. The van der Waals surface area contributed by atoms with E-state index in [1.165, 1.54) is 24.3 Å². The molecule has 2 N–H and O–H groups in total. The number of rotatable bonds is 6. The molecule has 0 aliphatic heterocycles. The number of benzene rings is 2. The van der Waals surface area contributed by atoms with Gasteiger partial charge in [-0.1, -0.05) is 17.7 Å². The second kappa shape index (κ2) is 7.79. The lowest BCUT2D eigenvalue weighted by molar-refractivity contribution is -0.116. The number of hydrogen-bond acceptors (Lipinski definition) is 3. The van der Waals surface area contributed by atoms with Crippen molar-refractivity contribution in [1.29, 1.82) is 0 Å². The van der Waals surface area contributed by atoms with Crippen LogP contribution in [0.25, 0.3) is 0 Å². The monoisotopic (exact) mass is 366 g/mol. The third-order valence-corrected chi connectivity index (χ3v) is 5.00. The summed E-state index contributed by atoms with van der Waals surface area (Å²) in [6, 6.07) is 11.6. The standard InChI is InChI=1S/C17H19ClN2O3S/c1-12-9-13(2)11-15(10-12)20-17(21)7-8-19-24(22,23)16-5-3-14(18)4-6-16/h3-6,9-11,19H,7-8H2,1-2H3,(H,20,21). The van der Waals surface area contributed by atoms with Gasteiger partial charge in [0, 0.05) is 23.7 Å². The molecule has 0 atom stereocenters. The van der Waals surface area contributed by atoms with Gasteiger partial charge in [-0.05, 0) is 61.4 Å². The Hall–Kier alpha value is -1.89. The molecule has 0 heterocycles. The Bertz CT molecular complexity index is 813. The van der Waals surface area contributed by atoms with E-state index in [-0.39, 0.29) is 23.8 Å². The number of carbonyl (C=O) groups excluding carboxylic acids is 1. The molecular formula is C17H19ClN2O3S. The SMILES string of the molecule is Cc1cc(C)cc(NC(=O)CCNS(=O)(=O)c2ccc(Cl)cc2)c1. The van der Waals surface area contributed by atoms with Crippen LogP contribution in [0.2, 0.25) is 5.02 Å². The molecule has 0 unspecified atom stereocenters. The minimum absolute atomic E-state index is 0.0155. The Balaban J connectivity index is 1.89. The van der Waals surface area contributed by atoms with Crippen LogP contribution < -0.4 is 10.0 Å². The van der Waals surface area contributed by atoms with Crippen molar-refractivity contribution in [2.75, 3.05) is 11.9 Å². The van der Waals surface area contributed by atoms with Crippen LogP contribution in [0, 0.1) is 13.8 Å². The number of halogens is 1. The molecule has 0 aromatic heterocycles. The Labute approximate surface area is 147 Å². The van der Waals surface area contributed by atoms with Gasteiger partial charge in [0.1, 0.15) is 0 Å². The summed E-state index contributed by atoms with van der Waals surface area (Å²) in [4.78, 5) is 12.1. The van der Waals surface area contributed by atoms with Gasteiger partial charge in [-0.15, -0.1) is 0 Å². The molecule has 2 aromatic carbocycles. The van der Waals surface area contributed by atoms with E-state index in [1.807, 2.05) is 32.0 Å². The van der Waals surface area contributed by atoms with Gasteiger partial charge >= 0.3 is 0 Å². The molecule has 5 nitrogen and oxygen atoms in total. The summed E-state index contributed by atoms with van der Waals surface area (Å²) in [5.74, 6) is -0.251. The van der Waals surface area contributed by atoms with Crippen molar-refractivity contribution in [2.24, 2.45) is 0 Å². The highest BCUT2D eigenvalue weighted by atomic mass is 35.5. The van der Waals surface area contributed by atoms with Crippen LogP contribution in [0.4, 0.5) is 5.69 Å². The first-order valence-corrected chi connectivity index (χ1v) is 9.26. The van der Waals surface area contributed by atoms with E-state index < -0.39 is 10.0 Å². The second-order valence-electron chi connectivity index (χ2n) is 5.53. The van der Waals surface area contributed by atoms with Crippen molar-refractivity contribution in [1.82, 2.24) is 4.72 Å². The van der Waals surface area contributed by atoms with Crippen LogP contribution in [0.5, 0.6) is 0 Å². The maximum absolute atomic E-state index is 12.1. The summed E-state index contributed by atoms with van der Waals surface area (Å²) in [5.41, 5.74) is 2.81. The molecule has 0 aliphatic rings. The van der Waals surface area contributed by atoms with Crippen LogP contribution in [-0.2, 0) is 14.8 Å². The number of nitrogens with one attached hydrogen (secondary N) is 2. The van der Waals surface area contributed by atoms with Crippen molar-refractivity contribution in [2.45, 2.75) is 25.2 Å². The van der Waals surface area contributed by atoms with Gasteiger partial charge in [-0.25, -0.2) is 13.1 Å². The van der Waals surface area contributed by atoms with E-state index in [1.54, 1.807) is 0 Å². The lowest BCUT2D eigenvalue weighted by Gasteiger charge is -2.09. The molecule has 2 rings (SSSR count). The second-order valence-corrected chi connectivity index (χ2v) is 7.73. The third kappa shape index (κ3) is 5.33. The average Bonchev–Trinajstić information content (AvgIpc) is 2.46. The minimum Gasteiger partial charge on any atom is -0.326 e. The predicted molar refractivity (Wildman–Crippen MR) is 95.8 cm³/mol. The van der Waals surface area contributed by atoms with Gasteiger partial charge in [-0.3, -0.25) is 4.79 Å². The summed E-state index contributed by atoms with van der Waals surface area (Å²) in [6.07, 6.45) is 0.0415. The quantitative estimate of drug-likeness (QED) is 0.823. The molecule has 0 saturated heterocycles. The molecule has 1 amide bonds. The lowest BCUT2D eigenvalue weighted by atomic mass is 10.1. The zero-order valence-corrected chi connectivity index (χ0v) is 15.0. The number of carbonyl (C=O) groups is 1. The fraction of sp³-hybridized carbons (Fsp3) is 0.235. The number of aryl methyl sites for hydroxylation is 2. The Morgan fingerprint density at radius 3 is 2.21 bits per heavy atom. The van der Waals surface area contributed by atoms with Crippen LogP contribution in [0.3, 0.4) is 0 Å². The van der Waals surface area contributed by atoms with Crippen molar-refractivity contribution >= 4 is 33.2 Å². The number of hydrogen-bond donors (Lipinski definition) is 2. The summed E-state index contributed by atoms with van der Waals surface area (Å²) >= 11 is 5.74. The summed E-state index contributed by atoms with van der Waals surface area (Å²) in [7, 11) is -3.65. The molecule has 0 saturated carbocycles. The summed E-state index contributed by atoms with van der Waals surface area (Å²) in [5, 5.41) is 3.23. The smallest absolute Gasteiger partial charge is 0.240 e. The number of amides is 1. The topological polar surface area (TPSA) is 75.3 Å². The number of sulfonamides is 1. The Morgan fingerprint density at radius 2 is 1.62 bits per heavy atom. The van der Waals surface area contributed by atoms with Crippen LogP contribution in [-0.4, -0.2) is 20.9 Å². The van der Waals surface area contributed by atoms with Crippen molar-refractivity contribution in [3.63, 3.8) is 0 Å². The number of anilines is 1. The molecule has 0 spiro atoms. The molecule has 7 heteroatoms. The lowest BCUT2D eigenvalue weighted by Crippen LogP contribution is -2.27. The van der Waals surface area contributed by atoms with Gasteiger partial charge in [0.05, 0.1) is 4.90 Å². The van der Waals surface area contributed by atoms with Gasteiger partial charge in [0.2, 0.25) is 15.9 Å². The summed E-state index contributed by atoms with van der Waals surface area (Å²) < 4.78 is 26.6. The first-order chi connectivity index (χ1) is 11.3. The van der Waals surface area contributed by atoms with E-state index in [9.17, 15) is 13.2 Å². The van der Waals surface area contributed by atoms with Crippen LogP contribution >= 0.6 is 11.6 Å². The molecule has 0 radical (unpaired) electrons. The zero-order valence-electron chi connectivity index (χ0n) is 13.5. The molecule has 0 bridgehead atoms. The van der Waals surface area contributed by atoms with Crippen molar-refractivity contribution in [3.8, 4) is 0 Å². The first-order valence-electron chi connectivity index (χ1n) is 7.40.